The van der Waals surface area contributed by atoms with Crippen LogP contribution >= 0.6 is 24.0 Å². The Hall–Kier alpha value is -0.290. The third kappa shape index (κ3) is 6.86. The minimum atomic E-state index is -4.13. The summed E-state index contributed by atoms with van der Waals surface area (Å²) in [5, 5.41) is 6.35. The average molecular weight is 436 g/mol. The van der Waals surface area contributed by atoms with E-state index in [1.54, 1.807) is 7.05 Å². The summed E-state index contributed by atoms with van der Waals surface area (Å²) >= 11 is 0. The van der Waals surface area contributed by atoms with Gasteiger partial charge in [0.05, 0.1) is 12.6 Å². The fourth-order valence-corrected chi connectivity index (χ4v) is 2.75. The molecule has 2 unspecified atom stereocenters. The second kappa shape index (κ2) is 9.11. The van der Waals surface area contributed by atoms with Crippen molar-refractivity contribution in [2.75, 3.05) is 39.8 Å². The number of nitrogens with one attached hydrogen (secondary N) is 2. The van der Waals surface area contributed by atoms with Crippen LogP contribution in [-0.2, 0) is 4.74 Å². The standard InChI is InChI=1S/C13H23F3N4O.HI/c1-17-12(18-7-11-3-2-6-21-11)19-10-4-5-20(8-10)9-13(14,15)16;/h10-11H,2-9H2,1H3,(H2,17,18,19);1H. The molecule has 22 heavy (non-hydrogen) atoms. The maximum atomic E-state index is 12.3. The van der Waals surface area contributed by atoms with Gasteiger partial charge in [0, 0.05) is 39.3 Å². The lowest BCUT2D eigenvalue weighted by atomic mass is 10.2. The Morgan fingerprint density at radius 1 is 1.36 bits per heavy atom. The number of rotatable bonds is 4. The number of ether oxygens (including phenoxy) is 1. The lowest BCUT2D eigenvalue weighted by molar-refractivity contribution is -0.143. The monoisotopic (exact) mass is 436 g/mol. The molecule has 0 aromatic rings. The summed E-state index contributed by atoms with van der Waals surface area (Å²) in [5.41, 5.74) is 0. The van der Waals surface area contributed by atoms with Crippen molar-refractivity contribution in [1.29, 1.82) is 0 Å². The molecule has 2 rings (SSSR count). The molecule has 2 aliphatic heterocycles. The highest BCUT2D eigenvalue weighted by atomic mass is 127. The van der Waals surface area contributed by atoms with Gasteiger partial charge in [-0.1, -0.05) is 0 Å². The van der Waals surface area contributed by atoms with Gasteiger partial charge in [-0.3, -0.25) is 9.89 Å². The van der Waals surface area contributed by atoms with Gasteiger partial charge in [-0.2, -0.15) is 13.2 Å². The molecule has 0 spiro atoms. The van der Waals surface area contributed by atoms with Gasteiger partial charge >= 0.3 is 6.18 Å². The molecule has 0 amide bonds. The van der Waals surface area contributed by atoms with Gasteiger partial charge < -0.3 is 15.4 Å². The molecule has 2 atom stereocenters. The largest absolute Gasteiger partial charge is 0.401 e. The zero-order valence-electron chi connectivity index (χ0n) is 12.7. The average Bonchev–Trinajstić information content (AvgIpc) is 3.04. The second-order valence-electron chi connectivity index (χ2n) is 5.57. The van der Waals surface area contributed by atoms with Gasteiger partial charge in [-0.05, 0) is 19.3 Å². The summed E-state index contributed by atoms with van der Waals surface area (Å²) in [7, 11) is 1.66. The van der Waals surface area contributed by atoms with Crippen LogP contribution in [0.3, 0.4) is 0 Å². The molecule has 2 saturated heterocycles. The third-order valence-corrected chi connectivity index (χ3v) is 3.76. The molecule has 2 heterocycles. The van der Waals surface area contributed by atoms with E-state index < -0.39 is 12.7 Å². The maximum Gasteiger partial charge on any atom is 0.401 e. The molecule has 2 N–H and O–H groups in total. The quantitative estimate of drug-likeness (QED) is 0.400. The Balaban J connectivity index is 0.00000242. The number of alkyl halides is 3. The minimum Gasteiger partial charge on any atom is -0.376 e. The second-order valence-corrected chi connectivity index (χ2v) is 5.57. The van der Waals surface area contributed by atoms with E-state index in [0.717, 1.165) is 19.4 Å². The highest BCUT2D eigenvalue weighted by molar-refractivity contribution is 14.0. The van der Waals surface area contributed by atoms with Gasteiger partial charge in [0.15, 0.2) is 5.96 Å². The Bertz CT molecular complexity index is 362. The zero-order chi connectivity index (χ0) is 15.3. The molecular weight excluding hydrogens is 412 g/mol. The van der Waals surface area contributed by atoms with Crippen LogP contribution in [0.25, 0.3) is 0 Å². The van der Waals surface area contributed by atoms with Crippen LogP contribution < -0.4 is 10.6 Å². The first-order valence-electron chi connectivity index (χ1n) is 7.34. The molecule has 0 radical (unpaired) electrons. The van der Waals surface area contributed by atoms with E-state index in [0.29, 0.717) is 32.0 Å². The lowest BCUT2D eigenvalue weighted by Gasteiger charge is -2.20. The van der Waals surface area contributed by atoms with Crippen molar-refractivity contribution >= 4 is 29.9 Å². The topological polar surface area (TPSA) is 48.9 Å². The first kappa shape index (κ1) is 19.8. The molecule has 0 bridgehead atoms. The van der Waals surface area contributed by atoms with Gasteiger partial charge in [-0.15, -0.1) is 24.0 Å². The van der Waals surface area contributed by atoms with E-state index >= 15 is 0 Å². The summed E-state index contributed by atoms with van der Waals surface area (Å²) in [6.07, 6.45) is -1.13. The molecule has 5 nitrogen and oxygen atoms in total. The first-order chi connectivity index (χ1) is 9.96. The highest BCUT2D eigenvalue weighted by Crippen LogP contribution is 2.19. The number of aliphatic imine (C=N–C) groups is 1. The van der Waals surface area contributed by atoms with Crippen LogP contribution in [0.4, 0.5) is 13.2 Å². The summed E-state index contributed by atoms with van der Waals surface area (Å²) in [4.78, 5) is 5.53. The maximum absolute atomic E-state index is 12.3. The molecule has 0 aromatic heterocycles. The van der Waals surface area contributed by atoms with E-state index in [2.05, 4.69) is 15.6 Å². The molecule has 0 saturated carbocycles. The number of halogens is 4. The molecule has 130 valence electrons. The fraction of sp³-hybridized carbons (Fsp3) is 0.923. The molecule has 9 heteroatoms. The van der Waals surface area contributed by atoms with Gasteiger partial charge in [-0.25, -0.2) is 0 Å². The van der Waals surface area contributed by atoms with Gasteiger partial charge in [0.25, 0.3) is 0 Å². The van der Waals surface area contributed by atoms with Crippen LogP contribution in [0.15, 0.2) is 4.99 Å². The van der Waals surface area contributed by atoms with Crippen molar-refractivity contribution in [3.05, 3.63) is 0 Å². The molecule has 0 aliphatic carbocycles. The molecule has 2 aliphatic rings. The molecule has 2 fully saturated rings. The van der Waals surface area contributed by atoms with Crippen LogP contribution in [0, 0.1) is 0 Å². The van der Waals surface area contributed by atoms with Crippen LogP contribution in [-0.4, -0.2) is 69.0 Å². The van der Waals surface area contributed by atoms with Crippen LogP contribution in [0.1, 0.15) is 19.3 Å². The van der Waals surface area contributed by atoms with Crippen LogP contribution in [0.5, 0.6) is 0 Å². The SMILES string of the molecule is CN=C(NCC1CCCO1)NC1CCN(CC(F)(F)F)C1.I. The van der Waals surface area contributed by atoms with E-state index in [9.17, 15) is 13.2 Å². The van der Waals surface area contributed by atoms with Crippen molar-refractivity contribution < 1.29 is 17.9 Å². The van der Waals surface area contributed by atoms with E-state index in [-0.39, 0.29) is 36.1 Å². The number of hydrogen-bond acceptors (Lipinski definition) is 3. The number of likely N-dealkylation sites (tertiary alicyclic amines) is 1. The number of nitrogens with zero attached hydrogens (tertiary/aromatic N) is 2. The van der Waals surface area contributed by atoms with E-state index in [1.165, 1.54) is 4.90 Å². The Labute approximate surface area is 146 Å². The highest BCUT2D eigenvalue weighted by Gasteiger charge is 2.34. The normalized spacial score (nSPS) is 26.8. The number of guanidine groups is 1. The Kier molecular flexibility index (Phi) is 8.19. The van der Waals surface area contributed by atoms with Crippen molar-refractivity contribution in [1.82, 2.24) is 15.5 Å². The molecular formula is C13H24F3IN4O. The number of hydrogen-bond donors (Lipinski definition) is 2. The smallest absolute Gasteiger partial charge is 0.376 e. The lowest BCUT2D eigenvalue weighted by Crippen LogP contribution is -2.47. The predicted octanol–water partition coefficient (Wildman–Crippen LogP) is 1.58. The first-order valence-corrected chi connectivity index (χ1v) is 7.34. The van der Waals surface area contributed by atoms with E-state index in [1.807, 2.05) is 0 Å². The van der Waals surface area contributed by atoms with Gasteiger partial charge in [0.1, 0.15) is 0 Å². The fourth-order valence-electron chi connectivity index (χ4n) is 2.75. The minimum absolute atomic E-state index is 0. The van der Waals surface area contributed by atoms with Crippen molar-refractivity contribution in [3.63, 3.8) is 0 Å². The summed E-state index contributed by atoms with van der Waals surface area (Å²) in [5.74, 6) is 0.629. The van der Waals surface area contributed by atoms with Crippen molar-refractivity contribution in [2.24, 2.45) is 4.99 Å². The zero-order valence-corrected chi connectivity index (χ0v) is 15.0. The van der Waals surface area contributed by atoms with Gasteiger partial charge in [0.2, 0.25) is 0 Å². The van der Waals surface area contributed by atoms with Crippen LogP contribution in [0.2, 0.25) is 0 Å². The summed E-state index contributed by atoms with van der Waals surface area (Å²) in [6.45, 7) is 1.49. The van der Waals surface area contributed by atoms with Crippen molar-refractivity contribution in [3.8, 4) is 0 Å². The Morgan fingerprint density at radius 2 is 2.14 bits per heavy atom. The Morgan fingerprint density at radius 3 is 2.73 bits per heavy atom. The van der Waals surface area contributed by atoms with E-state index in [4.69, 9.17) is 4.74 Å². The predicted molar refractivity (Wildman–Crippen MR) is 89.8 cm³/mol. The third-order valence-electron chi connectivity index (χ3n) is 3.76. The molecule has 0 aromatic carbocycles. The summed E-state index contributed by atoms with van der Waals surface area (Å²) in [6, 6.07) is 0.00282. The van der Waals surface area contributed by atoms with Crippen molar-refractivity contribution in [2.45, 2.75) is 37.6 Å². The summed E-state index contributed by atoms with van der Waals surface area (Å²) < 4.78 is 42.5.